The molecule has 0 unspecified atom stereocenters. The molecule has 10 heteroatoms. The lowest BCUT2D eigenvalue weighted by Crippen LogP contribution is -2.27. The van der Waals surface area contributed by atoms with Crippen molar-refractivity contribution >= 4 is 59.0 Å². The van der Waals surface area contributed by atoms with Gasteiger partial charge < -0.3 is 19.5 Å². The minimum atomic E-state index is -0.0789. The van der Waals surface area contributed by atoms with E-state index >= 15 is 0 Å². The average Bonchev–Trinajstić information content (AvgIpc) is 3.23. The van der Waals surface area contributed by atoms with Crippen molar-refractivity contribution in [3.63, 3.8) is 0 Å². The van der Waals surface area contributed by atoms with Crippen LogP contribution < -0.4 is 0 Å². The Labute approximate surface area is 377 Å². The molecular weight excluding hydrogens is 799 g/mol. The normalized spacial score (nSPS) is 11.7. The van der Waals surface area contributed by atoms with E-state index in [9.17, 15) is 14.7 Å². The molecule has 6 nitrogen and oxygen atoms in total. The molecule has 0 aromatic carbocycles. The number of unbranched alkanes of at least 4 members (excludes halogenated alkanes) is 23. The Morgan fingerprint density at radius 1 is 0.397 bits per heavy atom. The summed E-state index contributed by atoms with van der Waals surface area (Å²) in [5, 5.41) is 9.35. The third-order valence-electron chi connectivity index (χ3n) is 10.6. The first-order valence-corrected chi connectivity index (χ1v) is 28.9. The van der Waals surface area contributed by atoms with Crippen molar-refractivity contribution in [1.29, 1.82) is 0 Å². The number of aliphatic hydroxyl groups excluding tert-OH is 1. The Hall–Kier alpha value is 0.260. The van der Waals surface area contributed by atoms with E-state index in [0.717, 1.165) is 107 Å². The lowest BCUT2D eigenvalue weighted by atomic mass is 10.1. The number of nitrogens with zero attached hydrogens (tertiary/aromatic N) is 1. The summed E-state index contributed by atoms with van der Waals surface area (Å²) in [5.41, 5.74) is 0. The average molecular weight is 895 g/mol. The zero-order valence-electron chi connectivity index (χ0n) is 38.6. The van der Waals surface area contributed by atoms with Gasteiger partial charge in [-0.1, -0.05) is 156 Å². The standard InChI is InChI=1S/C48H95NO5S4/c1-5-9-13-21-31-41-55-47(56-42-32-22-14-10-6-2)45(51)53-39-29-19-17-25-35-49(37-27-28-38-50)36-26-18-20-30-40-54-46(52)48(57-43-33-23-15-11-7-3)58-44-34-24-16-12-8-4/h47-48,50H,5-44H2,1-4H3. The van der Waals surface area contributed by atoms with E-state index in [1.165, 1.54) is 128 Å². The van der Waals surface area contributed by atoms with E-state index in [1.807, 2.05) is 47.0 Å². The second-order valence-electron chi connectivity index (χ2n) is 16.2. The number of esters is 2. The number of aliphatic hydroxyl groups is 1. The molecule has 0 aliphatic carbocycles. The summed E-state index contributed by atoms with van der Waals surface area (Å²) in [4.78, 5) is 28.7. The molecule has 0 fully saturated rings. The molecule has 0 atom stereocenters. The highest BCUT2D eigenvalue weighted by Crippen LogP contribution is 2.29. The first kappa shape index (κ1) is 58.3. The molecule has 0 saturated heterocycles. The van der Waals surface area contributed by atoms with Crippen LogP contribution in [0.4, 0.5) is 0 Å². The van der Waals surface area contributed by atoms with Crippen molar-refractivity contribution in [2.75, 3.05) is 62.5 Å². The molecule has 0 radical (unpaired) electrons. The van der Waals surface area contributed by atoms with Crippen LogP contribution in [0.3, 0.4) is 0 Å². The van der Waals surface area contributed by atoms with E-state index in [0.29, 0.717) is 13.2 Å². The van der Waals surface area contributed by atoms with Crippen molar-refractivity contribution < 1.29 is 24.2 Å². The maximum absolute atomic E-state index is 13.0. The Bertz CT molecular complexity index is 763. The summed E-state index contributed by atoms with van der Waals surface area (Å²) >= 11 is 7.23. The van der Waals surface area contributed by atoms with E-state index in [1.54, 1.807) is 0 Å². The molecule has 0 rings (SSSR count). The highest BCUT2D eigenvalue weighted by atomic mass is 32.2. The lowest BCUT2D eigenvalue weighted by Gasteiger charge is -2.22. The third-order valence-corrected chi connectivity index (χ3v) is 16.3. The molecule has 0 heterocycles. The van der Waals surface area contributed by atoms with E-state index in [2.05, 4.69) is 32.6 Å². The number of hydrogen-bond donors (Lipinski definition) is 1. The highest BCUT2D eigenvalue weighted by Gasteiger charge is 2.22. The number of carbonyl (C=O) groups excluding carboxylic acids is 2. The summed E-state index contributed by atoms with van der Waals surface area (Å²) in [7, 11) is 0. The second kappa shape index (κ2) is 48.3. The minimum Gasteiger partial charge on any atom is -0.464 e. The Morgan fingerprint density at radius 2 is 0.672 bits per heavy atom. The summed E-state index contributed by atoms with van der Waals surface area (Å²) in [6.45, 7) is 13.6. The zero-order chi connectivity index (χ0) is 42.4. The van der Waals surface area contributed by atoms with Crippen LogP contribution in [0.1, 0.15) is 220 Å². The maximum atomic E-state index is 13.0. The largest absolute Gasteiger partial charge is 0.464 e. The number of thioether (sulfide) groups is 4. The van der Waals surface area contributed by atoms with Crippen molar-refractivity contribution in [3.05, 3.63) is 0 Å². The molecule has 0 bridgehead atoms. The smallest absolute Gasteiger partial charge is 0.329 e. The topological polar surface area (TPSA) is 76.1 Å². The van der Waals surface area contributed by atoms with Crippen molar-refractivity contribution in [2.45, 2.75) is 229 Å². The molecule has 0 aromatic heterocycles. The summed E-state index contributed by atoms with van der Waals surface area (Å²) in [6, 6.07) is 0. The molecule has 58 heavy (non-hydrogen) atoms. The Balaban J connectivity index is 4.44. The second-order valence-corrected chi connectivity index (χ2v) is 21.7. The van der Waals surface area contributed by atoms with Crippen LogP contribution in [-0.2, 0) is 19.1 Å². The van der Waals surface area contributed by atoms with Gasteiger partial charge in [-0.2, -0.15) is 0 Å². The van der Waals surface area contributed by atoms with Gasteiger partial charge in [0.2, 0.25) is 0 Å². The van der Waals surface area contributed by atoms with Crippen LogP contribution in [0, 0.1) is 0 Å². The highest BCUT2D eigenvalue weighted by molar-refractivity contribution is 8.18. The van der Waals surface area contributed by atoms with Crippen LogP contribution >= 0.6 is 47.0 Å². The van der Waals surface area contributed by atoms with Gasteiger partial charge in [0.05, 0.1) is 13.2 Å². The van der Waals surface area contributed by atoms with Crippen LogP contribution in [-0.4, -0.2) is 93.6 Å². The number of carbonyl (C=O) groups is 2. The predicted octanol–water partition coefficient (Wildman–Crippen LogP) is 14.7. The number of rotatable bonds is 48. The molecule has 0 aromatic rings. The van der Waals surface area contributed by atoms with Gasteiger partial charge in [0.15, 0.2) is 0 Å². The zero-order valence-corrected chi connectivity index (χ0v) is 41.9. The summed E-state index contributed by atoms with van der Waals surface area (Å²) in [5.74, 6) is 4.17. The van der Waals surface area contributed by atoms with E-state index in [-0.39, 0.29) is 27.7 Å². The van der Waals surface area contributed by atoms with Crippen molar-refractivity contribution in [2.24, 2.45) is 0 Å². The summed E-state index contributed by atoms with van der Waals surface area (Å²) in [6.07, 6.45) is 35.9. The van der Waals surface area contributed by atoms with Gasteiger partial charge in [0.25, 0.3) is 0 Å². The van der Waals surface area contributed by atoms with Gasteiger partial charge in [0.1, 0.15) is 9.16 Å². The Kier molecular flexibility index (Phi) is 48.5. The maximum Gasteiger partial charge on any atom is 0.329 e. The number of ether oxygens (including phenoxy) is 2. The SMILES string of the molecule is CCCCCCCSC(SCCCCCCC)C(=O)OCCCCCCN(CCCCO)CCCCCCOC(=O)C(SCCCCCCC)SCCCCCCC. The van der Waals surface area contributed by atoms with Crippen molar-refractivity contribution in [1.82, 2.24) is 4.90 Å². The van der Waals surface area contributed by atoms with Crippen LogP contribution in [0.15, 0.2) is 0 Å². The van der Waals surface area contributed by atoms with Gasteiger partial charge in [-0.25, -0.2) is 9.59 Å². The quantitative estimate of drug-likeness (QED) is 0.0363. The van der Waals surface area contributed by atoms with Gasteiger partial charge in [-0.3, -0.25) is 0 Å². The molecule has 0 spiro atoms. The van der Waals surface area contributed by atoms with Crippen LogP contribution in [0.25, 0.3) is 0 Å². The van der Waals surface area contributed by atoms with Crippen LogP contribution in [0.5, 0.6) is 0 Å². The third kappa shape index (κ3) is 40.3. The minimum absolute atomic E-state index is 0.0143. The predicted molar refractivity (Wildman–Crippen MR) is 264 cm³/mol. The van der Waals surface area contributed by atoms with E-state index in [4.69, 9.17) is 9.47 Å². The van der Waals surface area contributed by atoms with E-state index < -0.39 is 0 Å². The molecule has 0 saturated carbocycles. The fraction of sp³-hybridized carbons (Fsp3) is 0.958. The van der Waals surface area contributed by atoms with Gasteiger partial charge >= 0.3 is 11.9 Å². The van der Waals surface area contributed by atoms with Crippen molar-refractivity contribution in [3.8, 4) is 0 Å². The molecule has 346 valence electrons. The first-order valence-electron chi connectivity index (χ1n) is 24.7. The van der Waals surface area contributed by atoms with Crippen LogP contribution in [0.2, 0.25) is 0 Å². The number of hydrogen-bond acceptors (Lipinski definition) is 10. The Morgan fingerprint density at radius 3 is 0.983 bits per heavy atom. The lowest BCUT2D eigenvalue weighted by molar-refractivity contribution is -0.142. The molecule has 0 aliphatic rings. The molecule has 0 aliphatic heterocycles. The summed E-state index contributed by atoms with van der Waals surface area (Å²) < 4.78 is 11.5. The van der Waals surface area contributed by atoms with Gasteiger partial charge in [-0.05, 0) is 107 Å². The fourth-order valence-corrected chi connectivity index (χ4v) is 11.9. The van der Waals surface area contributed by atoms with Gasteiger partial charge in [0, 0.05) is 6.61 Å². The molecule has 0 amide bonds. The monoisotopic (exact) mass is 894 g/mol. The fourth-order valence-electron chi connectivity index (χ4n) is 6.80. The molecule has 1 N–H and O–H groups in total. The first-order chi connectivity index (χ1) is 28.5. The molecular formula is C48H95NO5S4. The van der Waals surface area contributed by atoms with Gasteiger partial charge in [-0.15, -0.1) is 47.0 Å².